The first-order valence-electron chi connectivity index (χ1n) is 13.3. The van der Waals surface area contributed by atoms with Gasteiger partial charge in [0.15, 0.2) is 5.65 Å². The minimum Gasteiger partial charge on any atom is -0.384 e. The number of aromatic nitrogens is 4. The summed E-state index contributed by atoms with van der Waals surface area (Å²) in [6, 6.07) is 12.7. The number of nitrogen functional groups attached to an aromatic ring is 1. The normalized spacial score (nSPS) is 16.5. The maximum atomic E-state index is 13.1. The largest absolute Gasteiger partial charge is 0.384 e. The lowest BCUT2D eigenvalue weighted by Gasteiger charge is -2.36. The second kappa shape index (κ2) is 11.0. The molecule has 0 aliphatic carbocycles. The molecule has 0 saturated carbocycles. The van der Waals surface area contributed by atoms with Gasteiger partial charge in [0.1, 0.15) is 5.82 Å². The Morgan fingerprint density at radius 1 is 0.950 bits per heavy atom. The van der Waals surface area contributed by atoms with Crippen LogP contribution in [0.5, 0.6) is 0 Å². The number of rotatable bonds is 5. The van der Waals surface area contributed by atoms with Crippen molar-refractivity contribution in [3.8, 4) is 5.69 Å². The average Bonchev–Trinajstić information content (AvgIpc) is 3.50. The number of anilines is 3. The predicted molar refractivity (Wildman–Crippen MR) is 157 cm³/mol. The van der Waals surface area contributed by atoms with E-state index in [1.807, 2.05) is 4.90 Å². The first kappa shape index (κ1) is 26.5. The number of piperidine rings is 1. The lowest BCUT2D eigenvalue weighted by Crippen LogP contribution is -2.45. The lowest BCUT2D eigenvalue weighted by molar-refractivity contribution is 0.0644. The van der Waals surface area contributed by atoms with Gasteiger partial charge in [-0.2, -0.15) is 9.97 Å². The van der Waals surface area contributed by atoms with E-state index in [2.05, 4.69) is 25.2 Å². The summed E-state index contributed by atoms with van der Waals surface area (Å²) in [4.78, 5) is 43.3. The number of para-hydroxylation sites is 1. The van der Waals surface area contributed by atoms with E-state index in [-0.39, 0.29) is 39.1 Å². The molecule has 0 bridgehead atoms. The number of nitrogens with one attached hydrogen (secondary N) is 1. The van der Waals surface area contributed by atoms with Crippen LogP contribution < -0.4 is 16.7 Å². The van der Waals surface area contributed by atoms with Crippen LogP contribution in [-0.4, -0.2) is 67.4 Å². The number of likely N-dealkylation sites (tertiary alicyclic amines) is 2. The minimum absolute atomic E-state index is 0.0444. The summed E-state index contributed by atoms with van der Waals surface area (Å²) >= 11 is 12.6. The number of hydrogen-bond donors (Lipinski definition) is 2. The van der Waals surface area contributed by atoms with Gasteiger partial charge in [-0.05, 0) is 75.2 Å². The molecule has 2 aromatic carbocycles. The number of amides is 1. The van der Waals surface area contributed by atoms with Gasteiger partial charge in [0, 0.05) is 36.6 Å². The minimum atomic E-state index is -0.669. The van der Waals surface area contributed by atoms with Gasteiger partial charge in [-0.3, -0.25) is 4.79 Å². The molecule has 10 nitrogen and oxygen atoms in total. The average molecular weight is 579 g/mol. The smallest absolute Gasteiger partial charge is 0.355 e. The van der Waals surface area contributed by atoms with Crippen molar-refractivity contribution in [2.45, 2.75) is 31.7 Å². The molecular weight excluding hydrogens is 551 g/mol. The zero-order valence-corrected chi connectivity index (χ0v) is 23.2. The van der Waals surface area contributed by atoms with Crippen molar-refractivity contribution in [2.75, 3.05) is 37.2 Å². The van der Waals surface area contributed by atoms with E-state index in [4.69, 9.17) is 28.9 Å². The molecule has 3 N–H and O–H groups in total. The van der Waals surface area contributed by atoms with Gasteiger partial charge in [0.2, 0.25) is 5.95 Å². The second-order valence-electron chi connectivity index (χ2n) is 10.1. The molecule has 40 heavy (non-hydrogen) atoms. The third-order valence-corrected chi connectivity index (χ3v) is 8.25. The molecule has 0 spiro atoms. The molecule has 4 heterocycles. The molecule has 2 aliphatic heterocycles. The van der Waals surface area contributed by atoms with Crippen molar-refractivity contribution in [3.63, 3.8) is 0 Å². The van der Waals surface area contributed by atoms with Crippen LogP contribution in [0.2, 0.25) is 10.0 Å². The molecule has 0 radical (unpaired) electrons. The van der Waals surface area contributed by atoms with E-state index < -0.39 is 5.69 Å². The quantitative estimate of drug-likeness (QED) is 0.354. The van der Waals surface area contributed by atoms with Crippen molar-refractivity contribution in [1.82, 2.24) is 29.3 Å². The Bertz CT molecular complexity index is 1610. The van der Waals surface area contributed by atoms with E-state index >= 15 is 0 Å². The molecule has 2 aromatic heterocycles. The van der Waals surface area contributed by atoms with E-state index in [9.17, 15) is 9.59 Å². The fraction of sp³-hybridized carbons (Fsp3) is 0.321. The molecule has 12 heteroatoms. The van der Waals surface area contributed by atoms with Crippen molar-refractivity contribution < 1.29 is 4.79 Å². The fourth-order valence-electron chi connectivity index (χ4n) is 5.53. The van der Waals surface area contributed by atoms with Crippen molar-refractivity contribution in [3.05, 3.63) is 74.8 Å². The molecule has 4 aromatic rings. The van der Waals surface area contributed by atoms with E-state index in [1.165, 1.54) is 32.1 Å². The molecule has 6 rings (SSSR count). The van der Waals surface area contributed by atoms with Crippen LogP contribution in [0.25, 0.3) is 16.7 Å². The summed E-state index contributed by atoms with van der Waals surface area (Å²) in [5.74, 6) is 0.349. The first-order valence-corrected chi connectivity index (χ1v) is 14.0. The molecule has 0 atom stereocenters. The van der Waals surface area contributed by atoms with E-state index in [0.29, 0.717) is 22.7 Å². The van der Waals surface area contributed by atoms with Crippen LogP contribution in [0, 0.1) is 0 Å². The molecule has 2 fully saturated rings. The van der Waals surface area contributed by atoms with Crippen LogP contribution in [0.4, 0.5) is 17.5 Å². The van der Waals surface area contributed by atoms with Crippen molar-refractivity contribution in [2.24, 2.45) is 0 Å². The highest BCUT2D eigenvalue weighted by molar-refractivity contribution is 6.37. The lowest BCUT2D eigenvalue weighted by atomic mass is 10.0. The first-order chi connectivity index (χ1) is 19.4. The summed E-state index contributed by atoms with van der Waals surface area (Å²) in [6.45, 7) is 3.94. The van der Waals surface area contributed by atoms with Crippen molar-refractivity contribution in [1.29, 1.82) is 0 Å². The van der Waals surface area contributed by atoms with Crippen LogP contribution in [0.1, 0.15) is 36.0 Å². The number of hydrogen-bond acceptors (Lipinski definition) is 8. The number of benzene rings is 2. The number of carbonyl (C=O) groups is 1. The standard InChI is InChI=1S/C28H28Cl2N8O2/c29-21-4-3-5-22(30)23(21)38-24(31)20-16-32-27(34-25(20)35-28(38)40)33-18-8-6-17(7-9-18)26(39)37-14-10-19(11-15-37)36-12-1-2-13-36/h3-9,16,19H,1-2,10-15,31H2,(H,33,34,35,40). The third kappa shape index (κ3) is 5.10. The summed E-state index contributed by atoms with van der Waals surface area (Å²) in [6.07, 6.45) is 6.11. The van der Waals surface area contributed by atoms with E-state index in [1.54, 1.807) is 42.5 Å². The van der Waals surface area contributed by atoms with Gasteiger partial charge < -0.3 is 20.9 Å². The summed E-state index contributed by atoms with van der Waals surface area (Å²) in [5, 5.41) is 3.99. The van der Waals surface area contributed by atoms with Gasteiger partial charge in [0.05, 0.1) is 21.1 Å². The summed E-state index contributed by atoms with van der Waals surface area (Å²) < 4.78 is 1.15. The highest BCUT2D eigenvalue weighted by Crippen LogP contribution is 2.30. The summed E-state index contributed by atoms with van der Waals surface area (Å²) in [5.41, 5.74) is 7.33. The monoisotopic (exact) mass is 578 g/mol. The third-order valence-electron chi connectivity index (χ3n) is 7.64. The topological polar surface area (TPSA) is 122 Å². The molecule has 2 aliphatic rings. The molecule has 0 unspecified atom stereocenters. The van der Waals surface area contributed by atoms with Gasteiger partial charge in [0.25, 0.3) is 5.91 Å². The Kier molecular flexibility index (Phi) is 7.31. The van der Waals surface area contributed by atoms with E-state index in [0.717, 1.165) is 30.5 Å². The number of fused-ring (bicyclic) bond motifs is 1. The van der Waals surface area contributed by atoms with Crippen molar-refractivity contribution >= 4 is 57.6 Å². The number of carbonyl (C=O) groups excluding carboxylic acids is 1. The zero-order chi connectivity index (χ0) is 27.8. The van der Waals surface area contributed by atoms with Crippen LogP contribution >= 0.6 is 23.2 Å². The number of nitrogens with zero attached hydrogens (tertiary/aromatic N) is 6. The highest BCUT2D eigenvalue weighted by Gasteiger charge is 2.28. The molecular formula is C28H28Cl2N8O2. The van der Waals surface area contributed by atoms with Gasteiger partial charge in [-0.15, -0.1) is 0 Å². The molecule has 206 valence electrons. The number of nitrogens with two attached hydrogens (primary N) is 1. The Morgan fingerprint density at radius 3 is 2.30 bits per heavy atom. The SMILES string of the molecule is Nc1c2cnc(Nc3ccc(C(=O)N4CCC(N5CCCC5)CC4)cc3)nc2nc(=O)n1-c1c(Cl)cccc1Cl. The van der Waals surface area contributed by atoms with Crippen LogP contribution in [-0.2, 0) is 0 Å². The highest BCUT2D eigenvalue weighted by atomic mass is 35.5. The van der Waals surface area contributed by atoms with Gasteiger partial charge in [-0.1, -0.05) is 29.3 Å². The van der Waals surface area contributed by atoms with Gasteiger partial charge >= 0.3 is 5.69 Å². The zero-order valence-electron chi connectivity index (χ0n) is 21.7. The molecule has 2 saturated heterocycles. The Balaban J connectivity index is 1.16. The maximum absolute atomic E-state index is 13.1. The number of halogens is 2. The fourth-order valence-corrected chi connectivity index (χ4v) is 6.10. The molecule has 1 amide bonds. The second-order valence-corrected chi connectivity index (χ2v) is 10.9. The predicted octanol–water partition coefficient (Wildman–Crippen LogP) is 4.51. The Morgan fingerprint density at radius 2 is 1.62 bits per heavy atom. The Labute approximate surface area is 240 Å². The maximum Gasteiger partial charge on any atom is 0.355 e. The van der Waals surface area contributed by atoms with Crippen LogP contribution in [0.15, 0.2) is 53.5 Å². The van der Waals surface area contributed by atoms with Crippen LogP contribution in [0.3, 0.4) is 0 Å². The summed E-state index contributed by atoms with van der Waals surface area (Å²) in [7, 11) is 0. The Hall–Kier alpha value is -3.73. The van der Waals surface area contributed by atoms with Gasteiger partial charge in [-0.25, -0.2) is 14.3 Å².